The Balaban J connectivity index is 1.83. The highest BCUT2D eigenvalue weighted by molar-refractivity contribution is 5.34. The van der Waals surface area contributed by atoms with E-state index in [1.165, 1.54) is 0 Å². The quantitative estimate of drug-likeness (QED) is 0.865. The molecule has 0 bridgehead atoms. The maximum Gasteiger partial charge on any atom is 0.120 e. The minimum Gasteiger partial charge on any atom is -0.490 e. The van der Waals surface area contributed by atoms with E-state index in [9.17, 15) is 5.11 Å². The van der Waals surface area contributed by atoms with Crippen LogP contribution in [0.5, 0.6) is 5.75 Å². The van der Waals surface area contributed by atoms with Gasteiger partial charge in [0.05, 0.1) is 11.7 Å². The molecule has 0 heterocycles. The van der Waals surface area contributed by atoms with Gasteiger partial charge in [-0.2, -0.15) is 0 Å². The maximum atomic E-state index is 11.1. The average molecular weight is 282 g/mol. The molecule has 1 saturated carbocycles. The predicted octanol–water partition coefficient (Wildman–Crippen LogP) is 4.07. The van der Waals surface area contributed by atoms with Gasteiger partial charge in [-0.15, -0.1) is 0 Å². The van der Waals surface area contributed by atoms with Crippen LogP contribution in [0.1, 0.15) is 37.3 Å². The van der Waals surface area contributed by atoms with Crippen LogP contribution in [0.2, 0.25) is 0 Å². The zero-order valence-electron chi connectivity index (χ0n) is 12.5. The molecular weight excluding hydrogens is 260 g/mol. The molecule has 2 heteroatoms. The summed E-state index contributed by atoms with van der Waals surface area (Å²) in [5.41, 5.74) is 1.24. The first kappa shape index (κ1) is 14.2. The molecule has 1 aliphatic rings. The Morgan fingerprint density at radius 1 is 1.10 bits per heavy atom. The van der Waals surface area contributed by atoms with Crippen molar-refractivity contribution in [2.75, 3.05) is 0 Å². The number of aliphatic hydroxyl groups is 1. The van der Waals surface area contributed by atoms with Gasteiger partial charge >= 0.3 is 0 Å². The fourth-order valence-electron chi connectivity index (χ4n) is 2.60. The van der Waals surface area contributed by atoms with Crippen LogP contribution in [-0.4, -0.2) is 11.2 Å². The van der Waals surface area contributed by atoms with Crippen LogP contribution in [0.25, 0.3) is 0 Å². The summed E-state index contributed by atoms with van der Waals surface area (Å²) in [7, 11) is 0. The molecule has 2 aromatic carbocycles. The highest BCUT2D eigenvalue weighted by atomic mass is 16.5. The second-order valence-corrected chi connectivity index (χ2v) is 5.89. The number of hydrogen-bond acceptors (Lipinski definition) is 2. The smallest absolute Gasteiger partial charge is 0.120 e. The predicted molar refractivity (Wildman–Crippen MR) is 84.4 cm³/mol. The summed E-state index contributed by atoms with van der Waals surface area (Å²) in [6.07, 6.45) is 3.97. The summed E-state index contributed by atoms with van der Waals surface area (Å²) in [4.78, 5) is 0. The highest BCUT2D eigenvalue weighted by Gasteiger charge is 2.29. The van der Waals surface area contributed by atoms with E-state index in [1.807, 2.05) is 49.4 Å². The summed E-state index contributed by atoms with van der Waals surface area (Å²) < 4.78 is 5.84. The largest absolute Gasteiger partial charge is 0.490 e. The van der Waals surface area contributed by atoms with Crippen molar-refractivity contribution in [2.45, 2.75) is 44.3 Å². The summed E-state index contributed by atoms with van der Waals surface area (Å²) in [5, 5.41) is 11.1. The van der Waals surface area contributed by atoms with E-state index in [-0.39, 0.29) is 0 Å². The number of benzene rings is 2. The number of ether oxygens (including phenoxy) is 1. The first-order valence-electron chi connectivity index (χ1n) is 7.73. The Hall–Kier alpha value is -1.80. The third kappa shape index (κ3) is 3.45. The molecule has 3 rings (SSSR count). The fourth-order valence-corrected chi connectivity index (χ4v) is 2.60. The summed E-state index contributed by atoms with van der Waals surface area (Å²) >= 11 is 0. The van der Waals surface area contributed by atoms with E-state index in [1.54, 1.807) is 0 Å². The van der Waals surface area contributed by atoms with Crippen molar-refractivity contribution in [2.24, 2.45) is 0 Å². The molecule has 1 unspecified atom stereocenters. The van der Waals surface area contributed by atoms with Gasteiger partial charge in [0.25, 0.3) is 0 Å². The van der Waals surface area contributed by atoms with Gasteiger partial charge in [-0.25, -0.2) is 0 Å². The van der Waals surface area contributed by atoms with Crippen molar-refractivity contribution in [3.05, 3.63) is 65.7 Å². The van der Waals surface area contributed by atoms with Crippen LogP contribution in [0.15, 0.2) is 54.6 Å². The van der Waals surface area contributed by atoms with Crippen molar-refractivity contribution in [3.63, 3.8) is 0 Å². The molecule has 0 aliphatic heterocycles. The van der Waals surface area contributed by atoms with Gasteiger partial charge in [0, 0.05) is 6.42 Å². The molecule has 110 valence electrons. The fraction of sp³-hybridized carbons (Fsp3) is 0.368. The van der Waals surface area contributed by atoms with Crippen molar-refractivity contribution in [1.29, 1.82) is 0 Å². The summed E-state index contributed by atoms with van der Waals surface area (Å²) in [5.74, 6) is 0.870. The Bertz CT molecular complexity index is 590. The van der Waals surface area contributed by atoms with Crippen molar-refractivity contribution >= 4 is 0 Å². The van der Waals surface area contributed by atoms with Gasteiger partial charge in [0.1, 0.15) is 5.75 Å². The molecule has 1 atom stereocenters. The van der Waals surface area contributed by atoms with Gasteiger partial charge in [-0.05, 0) is 42.5 Å². The zero-order valence-corrected chi connectivity index (χ0v) is 12.5. The minimum atomic E-state index is -0.843. The molecule has 1 aliphatic carbocycles. The lowest BCUT2D eigenvalue weighted by molar-refractivity contribution is 0.0324. The van der Waals surface area contributed by atoms with Crippen molar-refractivity contribution < 1.29 is 9.84 Å². The lowest BCUT2D eigenvalue weighted by Crippen LogP contribution is -2.27. The van der Waals surface area contributed by atoms with E-state index in [4.69, 9.17) is 4.74 Å². The van der Waals surface area contributed by atoms with E-state index < -0.39 is 5.60 Å². The van der Waals surface area contributed by atoms with Gasteiger partial charge in [-0.1, -0.05) is 49.4 Å². The van der Waals surface area contributed by atoms with Gasteiger partial charge in [0.2, 0.25) is 0 Å². The molecule has 0 radical (unpaired) electrons. The van der Waals surface area contributed by atoms with Gasteiger partial charge < -0.3 is 9.84 Å². The van der Waals surface area contributed by atoms with Crippen LogP contribution >= 0.6 is 0 Å². The van der Waals surface area contributed by atoms with E-state index >= 15 is 0 Å². The zero-order chi connectivity index (χ0) is 14.7. The summed E-state index contributed by atoms with van der Waals surface area (Å²) in [6.45, 7) is 2.03. The molecule has 1 fully saturated rings. The molecule has 2 aromatic rings. The standard InChI is InChI=1S/C19H22O2/c1-2-19(20,14-15-7-4-3-5-8-15)16-9-6-10-18(13-16)21-17-11-12-17/h3-10,13,17,20H,2,11-12,14H2,1H3. The monoisotopic (exact) mass is 282 g/mol. The third-order valence-corrected chi connectivity index (χ3v) is 4.12. The minimum absolute atomic E-state index is 0.379. The maximum absolute atomic E-state index is 11.1. The lowest BCUT2D eigenvalue weighted by Gasteiger charge is -2.28. The number of rotatable bonds is 6. The van der Waals surface area contributed by atoms with Gasteiger partial charge in [0.15, 0.2) is 0 Å². The van der Waals surface area contributed by atoms with Crippen LogP contribution in [0.4, 0.5) is 0 Å². The van der Waals surface area contributed by atoms with Crippen LogP contribution in [0.3, 0.4) is 0 Å². The molecule has 0 saturated heterocycles. The Labute approximate surface area is 126 Å². The second-order valence-electron chi connectivity index (χ2n) is 5.89. The van der Waals surface area contributed by atoms with Crippen LogP contribution in [0, 0.1) is 0 Å². The van der Waals surface area contributed by atoms with Gasteiger partial charge in [-0.3, -0.25) is 0 Å². The Morgan fingerprint density at radius 2 is 1.86 bits per heavy atom. The molecule has 1 N–H and O–H groups in total. The third-order valence-electron chi connectivity index (χ3n) is 4.12. The summed E-state index contributed by atoms with van der Waals surface area (Å²) in [6, 6.07) is 18.1. The normalized spacial score (nSPS) is 17.2. The van der Waals surface area contributed by atoms with Crippen LogP contribution < -0.4 is 4.74 Å². The van der Waals surface area contributed by atoms with Crippen LogP contribution in [-0.2, 0) is 12.0 Å². The molecule has 0 aromatic heterocycles. The first-order chi connectivity index (χ1) is 10.2. The molecule has 2 nitrogen and oxygen atoms in total. The Kier molecular flexibility index (Phi) is 3.98. The highest BCUT2D eigenvalue weighted by Crippen LogP contribution is 2.33. The molecule has 21 heavy (non-hydrogen) atoms. The molecule has 0 spiro atoms. The van der Waals surface area contributed by atoms with Crippen molar-refractivity contribution in [3.8, 4) is 5.75 Å². The topological polar surface area (TPSA) is 29.5 Å². The van der Waals surface area contributed by atoms with E-state index in [2.05, 4.69) is 12.1 Å². The van der Waals surface area contributed by atoms with E-state index in [0.717, 1.165) is 29.7 Å². The lowest BCUT2D eigenvalue weighted by atomic mass is 9.85. The average Bonchev–Trinajstić information content (AvgIpc) is 3.32. The van der Waals surface area contributed by atoms with Crippen molar-refractivity contribution in [1.82, 2.24) is 0 Å². The molecular formula is C19H22O2. The number of hydrogen-bond donors (Lipinski definition) is 1. The molecule has 0 amide bonds. The Morgan fingerprint density at radius 3 is 2.52 bits per heavy atom. The van der Waals surface area contributed by atoms with E-state index in [0.29, 0.717) is 18.9 Å². The first-order valence-corrected chi connectivity index (χ1v) is 7.73. The second kappa shape index (κ2) is 5.90. The SMILES string of the molecule is CCC(O)(Cc1ccccc1)c1cccc(OC2CC2)c1.